The highest BCUT2D eigenvalue weighted by Gasteiger charge is 2.48. The molecule has 5 rings (SSSR count). The highest BCUT2D eigenvalue weighted by molar-refractivity contribution is 6.77. The summed E-state index contributed by atoms with van der Waals surface area (Å²) < 4.78 is 46.4. The minimum Gasteiger partial charge on any atom is -0.413 e. The third kappa shape index (κ3) is 8.26. The number of piperidine rings is 1. The predicted octanol–water partition coefficient (Wildman–Crippen LogP) is 11.0. The Bertz CT molecular complexity index is 1480. The molecule has 0 spiro atoms. The summed E-state index contributed by atoms with van der Waals surface area (Å²) in [7, 11) is -1.96. The molecule has 2 heterocycles. The van der Waals surface area contributed by atoms with Crippen molar-refractivity contribution in [3.8, 4) is 11.1 Å². The molecule has 276 valence electrons. The fourth-order valence-corrected chi connectivity index (χ4v) is 15.4. The van der Waals surface area contributed by atoms with Gasteiger partial charge in [0.05, 0.1) is 5.92 Å². The number of halogens is 5. The molecule has 0 radical (unpaired) electrons. The molecule has 2 saturated heterocycles. The number of hydrogen-bond acceptors (Lipinski definition) is 3. The summed E-state index contributed by atoms with van der Waals surface area (Å²) in [5.74, 6) is -1.65. The van der Waals surface area contributed by atoms with E-state index in [9.17, 15) is 22.8 Å². The van der Waals surface area contributed by atoms with E-state index in [-0.39, 0.29) is 55.8 Å². The van der Waals surface area contributed by atoms with Crippen LogP contribution in [0.1, 0.15) is 102 Å². The van der Waals surface area contributed by atoms with Gasteiger partial charge in [-0.2, -0.15) is 13.2 Å². The molecule has 2 aromatic rings. The fourth-order valence-electron chi connectivity index (χ4n) is 9.19. The lowest BCUT2D eigenvalue weighted by molar-refractivity contribution is -0.183. The van der Waals surface area contributed by atoms with Gasteiger partial charge in [0.2, 0.25) is 14.2 Å². The second-order valence-corrected chi connectivity index (χ2v) is 21.9. The minimum atomic E-state index is -4.23. The number of carbonyl (C=O) groups is 2. The van der Waals surface area contributed by atoms with E-state index in [4.69, 9.17) is 27.6 Å². The van der Waals surface area contributed by atoms with Gasteiger partial charge in [-0.25, -0.2) is 0 Å². The molecular formula is C39H53Cl2F3N2O3Si. The van der Waals surface area contributed by atoms with Crippen LogP contribution >= 0.6 is 23.2 Å². The summed E-state index contributed by atoms with van der Waals surface area (Å²) in [4.78, 5) is 30.6. The number of amides is 2. The molecule has 3 fully saturated rings. The summed E-state index contributed by atoms with van der Waals surface area (Å²) in [5.41, 5.74) is 4.52. The van der Waals surface area contributed by atoms with Gasteiger partial charge in [0.25, 0.3) is 5.91 Å². The predicted molar refractivity (Wildman–Crippen MR) is 198 cm³/mol. The molecule has 1 atom stereocenters. The van der Waals surface area contributed by atoms with Crippen LogP contribution in [0.5, 0.6) is 0 Å². The standard InChI is InChI=1S/C39H53Cl2F3N2O3Si/c1-24(2)50(25(3)4,26(5)6)49-33-13-11-32(12-14-33)46-20-15-29(38(46)48)21-35-34(22-31(40)23-36(35)41)27-7-9-28(10-8-27)37(47)45-18-16-30(17-19-45)39(42,43)44/h7-10,22-26,29-30,32-33H,11-21H2,1-6H3/t29-,32?,33?/m0/s1. The third-order valence-electron chi connectivity index (χ3n) is 11.8. The SMILES string of the molecule is CC(C)[Si](OC1CCC(N2CC[C@@H](Cc3c(Cl)cc(Cl)cc3-c3ccc(C(=O)N4CCC(C(F)(F)F)CC4)cc3)C2=O)CC1)(C(C)C)C(C)C. The maximum Gasteiger partial charge on any atom is 0.391 e. The van der Waals surface area contributed by atoms with Crippen molar-refractivity contribution in [2.45, 2.75) is 128 Å². The first-order valence-electron chi connectivity index (χ1n) is 18.5. The van der Waals surface area contributed by atoms with Crippen LogP contribution in [0.3, 0.4) is 0 Å². The summed E-state index contributed by atoms with van der Waals surface area (Å²) in [6.07, 6.45) is 0.998. The highest BCUT2D eigenvalue weighted by atomic mass is 35.5. The van der Waals surface area contributed by atoms with Crippen LogP contribution in [0, 0.1) is 11.8 Å². The van der Waals surface area contributed by atoms with Gasteiger partial charge >= 0.3 is 6.18 Å². The summed E-state index contributed by atoms with van der Waals surface area (Å²) in [6.45, 7) is 14.9. The molecule has 11 heteroatoms. The first-order chi connectivity index (χ1) is 23.5. The molecule has 0 N–H and O–H groups in total. The number of alkyl halides is 3. The molecule has 1 aliphatic carbocycles. The number of nitrogens with zero attached hydrogens (tertiary/aromatic N) is 2. The van der Waals surface area contributed by atoms with Crippen LogP contribution in [0.2, 0.25) is 26.7 Å². The van der Waals surface area contributed by atoms with Crippen LogP contribution in [0.4, 0.5) is 13.2 Å². The zero-order valence-electron chi connectivity index (χ0n) is 30.3. The maximum absolute atomic E-state index is 13.9. The summed E-state index contributed by atoms with van der Waals surface area (Å²) >= 11 is 13.3. The molecule has 0 unspecified atom stereocenters. The van der Waals surface area contributed by atoms with Crippen molar-refractivity contribution in [3.05, 3.63) is 57.6 Å². The van der Waals surface area contributed by atoms with Crippen LogP contribution in [0.25, 0.3) is 11.1 Å². The first-order valence-corrected chi connectivity index (χ1v) is 21.3. The van der Waals surface area contributed by atoms with E-state index < -0.39 is 20.4 Å². The Labute approximate surface area is 307 Å². The fraction of sp³-hybridized carbons (Fsp3) is 0.641. The van der Waals surface area contributed by atoms with Crippen molar-refractivity contribution < 1.29 is 27.2 Å². The topological polar surface area (TPSA) is 49.9 Å². The van der Waals surface area contributed by atoms with E-state index in [1.54, 1.807) is 18.2 Å². The molecule has 1 saturated carbocycles. The number of rotatable bonds is 10. The Kier molecular flexibility index (Phi) is 12.4. The van der Waals surface area contributed by atoms with Gasteiger partial charge < -0.3 is 14.2 Å². The average Bonchev–Trinajstić information content (AvgIpc) is 3.43. The van der Waals surface area contributed by atoms with Gasteiger partial charge in [0, 0.05) is 53.3 Å². The van der Waals surface area contributed by atoms with Crippen LogP contribution in [0.15, 0.2) is 36.4 Å². The minimum absolute atomic E-state index is 0.0805. The van der Waals surface area contributed by atoms with E-state index in [1.807, 2.05) is 18.2 Å². The van der Waals surface area contributed by atoms with E-state index in [1.165, 1.54) is 4.90 Å². The highest BCUT2D eigenvalue weighted by Crippen LogP contribution is 2.45. The largest absolute Gasteiger partial charge is 0.413 e. The van der Waals surface area contributed by atoms with Gasteiger partial charge in [-0.3, -0.25) is 9.59 Å². The van der Waals surface area contributed by atoms with E-state index in [0.29, 0.717) is 38.7 Å². The molecule has 5 nitrogen and oxygen atoms in total. The Morgan fingerprint density at radius 3 is 1.98 bits per heavy atom. The molecule has 0 aromatic heterocycles. The summed E-state index contributed by atoms with van der Waals surface area (Å²) in [5, 5.41) is 0.969. The number of carbonyl (C=O) groups excluding carboxylic acids is 2. The second kappa shape index (κ2) is 15.9. The number of hydrogen-bond donors (Lipinski definition) is 0. The molecule has 2 aliphatic heterocycles. The first kappa shape index (κ1) is 39.1. The third-order valence-corrected chi connectivity index (χ3v) is 18.5. The maximum atomic E-state index is 13.9. The van der Waals surface area contributed by atoms with Crippen molar-refractivity contribution in [1.29, 1.82) is 0 Å². The van der Waals surface area contributed by atoms with Crippen molar-refractivity contribution in [3.63, 3.8) is 0 Å². The number of benzene rings is 2. The zero-order chi connectivity index (χ0) is 36.5. The Morgan fingerprint density at radius 2 is 1.44 bits per heavy atom. The van der Waals surface area contributed by atoms with E-state index in [0.717, 1.165) is 55.3 Å². The Balaban J connectivity index is 1.23. The normalized spacial score (nSPS) is 22.8. The zero-order valence-corrected chi connectivity index (χ0v) is 32.8. The molecule has 3 aliphatic rings. The quantitative estimate of drug-likeness (QED) is 0.227. The van der Waals surface area contributed by atoms with Crippen molar-refractivity contribution in [2.75, 3.05) is 19.6 Å². The van der Waals surface area contributed by atoms with Crippen molar-refractivity contribution in [1.82, 2.24) is 9.80 Å². The second-order valence-electron chi connectivity index (χ2n) is 15.7. The average molecular weight is 754 g/mol. The Morgan fingerprint density at radius 1 is 0.860 bits per heavy atom. The van der Waals surface area contributed by atoms with Crippen molar-refractivity contribution >= 4 is 43.3 Å². The van der Waals surface area contributed by atoms with Crippen LogP contribution in [-0.4, -0.2) is 67.9 Å². The van der Waals surface area contributed by atoms with Crippen LogP contribution in [-0.2, 0) is 15.6 Å². The van der Waals surface area contributed by atoms with Gasteiger partial charge in [-0.15, -0.1) is 0 Å². The molecule has 2 aromatic carbocycles. The molecule has 2 amide bonds. The number of likely N-dealkylation sites (tertiary alicyclic amines) is 2. The molecule has 0 bridgehead atoms. The molecular weight excluding hydrogens is 700 g/mol. The van der Waals surface area contributed by atoms with E-state index >= 15 is 0 Å². The lowest BCUT2D eigenvalue weighted by Crippen LogP contribution is -2.51. The van der Waals surface area contributed by atoms with Crippen molar-refractivity contribution in [2.24, 2.45) is 11.8 Å². The van der Waals surface area contributed by atoms with Crippen LogP contribution < -0.4 is 0 Å². The smallest absolute Gasteiger partial charge is 0.391 e. The van der Waals surface area contributed by atoms with Gasteiger partial charge in [0.15, 0.2) is 0 Å². The lowest BCUT2D eigenvalue weighted by atomic mass is 9.90. The molecule has 50 heavy (non-hydrogen) atoms. The van der Waals surface area contributed by atoms with E-state index in [2.05, 4.69) is 46.4 Å². The monoisotopic (exact) mass is 752 g/mol. The Hall–Kier alpha value is -2.07. The van der Waals surface area contributed by atoms with Gasteiger partial charge in [0.1, 0.15) is 0 Å². The summed E-state index contributed by atoms with van der Waals surface area (Å²) in [6, 6.07) is 10.8. The lowest BCUT2D eigenvalue weighted by Gasteiger charge is -2.46. The van der Waals surface area contributed by atoms with Gasteiger partial charge in [-0.1, -0.05) is 76.9 Å². The van der Waals surface area contributed by atoms with Gasteiger partial charge in [-0.05, 0) is 109 Å².